The van der Waals surface area contributed by atoms with Crippen LogP contribution in [0.4, 0.5) is 0 Å². The maximum absolute atomic E-state index is 12.6. The van der Waals surface area contributed by atoms with E-state index in [2.05, 4.69) is 39.2 Å². The van der Waals surface area contributed by atoms with Gasteiger partial charge in [0.25, 0.3) is 5.91 Å². The van der Waals surface area contributed by atoms with E-state index in [0.29, 0.717) is 12.2 Å². The lowest BCUT2D eigenvalue weighted by Gasteiger charge is -2.28. The normalized spacial score (nSPS) is 14.2. The molecule has 1 aromatic carbocycles. The van der Waals surface area contributed by atoms with Gasteiger partial charge in [0.2, 0.25) is 0 Å². The van der Waals surface area contributed by atoms with E-state index in [4.69, 9.17) is 0 Å². The molecule has 2 aromatic rings. The lowest BCUT2D eigenvalue weighted by Crippen LogP contribution is -2.36. The quantitative estimate of drug-likeness (QED) is 0.847. The minimum Gasteiger partial charge on any atom is -0.333 e. The third-order valence-corrected chi connectivity index (χ3v) is 4.24. The lowest BCUT2D eigenvalue weighted by atomic mass is 10.00. The Labute approximate surface area is 126 Å². The van der Waals surface area contributed by atoms with Crippen LogP contribution in [0.25, 0.3) is 0 Å². The Kier molecular flexibility index (Phi) is 3.61. The maximum Gasteiger partial charge on any atom is 0.275 e. The number of rotatable bonds is 2. The van der Waals surface area contributed by atoms with Gasteiger partial charge < -0.3 is 4.90 Å². The van der Waals surface area contributed by atoms with Crippen LogP contribution in [0.1, 0.15) is 28.5 Å². The molecule has 1 aromatic heterocycles. The van der Waals surface area contributed by atoms with Crippen LogP contribution in [0.5, 0.6) is 0 Å². The number of halogens is 1. The van der Waals surface area contributed by atoms with Crippen LogP contribution in [0.15, 0.2) is 34.9 Å². The van der Waals surface area contributed by atoms with E-state index in [1.807, 2.05) is 24.1 Å². The van der Waals surface area contributed by atoms with Crippen LogP contribution in [-0.2, 0) is 19.5 Å². The summed E-state index contributed by atoms with van der Waals surface area (Å²) in [7, 11) is 0. The highest BCUT2D eigenvalue weighted by Gasteiger charge is 2.25. The van der Waals surface area contributed by atoms with Gasteiger partial charge >= 0.3 is 0 Å². The molecule has 0 bridgehead atoms. The smallest absolute Gasteiger partial charge is 0.275 e. The summed E-state index contributed by atoms with van der Waals surface area (Å²) >= 11 is 3.43. The molecule has 0 N–H and O–H groups in total. The van der Waals surface area contributed by atoms with Gasteiger partial charge in [-0.15, -0.1) is 0 Å². The first-order valence-corrected chi connectivity index (χ1v) is 7.57. The number of nitrogens with zero attached hydrogens (tertiary/aromatic N) is 3. The Hall–Kier alpha value is -1.62. The summed E-state index contributed by atoms with van der Waals surface area (Å²) in [6.07, 6.45) is 2.76. The first kappa shape index (κ1) is 13.4. The number of fused-ring (bicyclic) bond motifs is 1. The van der Waals surface area contributed by atoms with Crippen molar-refractivity contribution in [2.24, 2.45) is 0 Å². The third kappa shape index (κ3) is 2.38. The molecule has 0 fully saturated rings. The summed E-state index contributed by atoms with van der Waals surface area (Å²) in [5, 5.41) is 4.34. The van der Waals surface area contributed by atoms with Crippen molar-refractivity contribution in [3.05, 3.63) is 51.8 Å². The fourth-order valence-electron chi connectivity index (χ4n) is 2.52. The van der Waals surface area contributed by atoms with Gasteiger partial charge in [-0.1, -0.05) is 24.3 Å². The first-order valence-electron chi connectivity index (χ1n) is 6.78. The molecule has 4 nitrogen and oxygen atoms in total. The first-order chi connectivity index (χ1) is 9.69. The summed E-state index contributed by atoms with van der Waals surface area (Å²) in [6, 6.07) is 8.30. The molecule has 2 heterocycles. The van der Waals surface area contributed by atoms with Gasteiger partial charge in [0, 0.05) is 25.8 Å². The molecular formula is C15H16BrN3O. The Morgan fingerprint density at radius 1 is 1.35 bits per heavy atom. The van der Waals surface area contributed by atoms with Gasteiger partial charge in [0.15, 0.2) is 5.69 Å². The SMILES string of the molecule is CCn1cc(Br)c(C(=O)N2CCc3ccccc3C2)n1. The van der Waals surface area contributed by atoms with Crippen molar-refractivity contribution in [2.75, 3.05) is 6.54 Å². The van der Waals surface area contributed by atoms with Gasteiger partial charge in [0.05, 0.1) is 4.47 Å². The Morgan fingerprint density at radius 2 is 2.10 bits per heavy atom. The van der Waals surface area contributed by atoms with Gasteiger partial charge in [0.1, 0.15) is 0 Å². The Bertz CT molecular complexity index is 650. The monoisotopic (exact) mass is 333 g/mol. The number of aryl methyl sites for hydroxylation is 1. The van der Waals surface area contributed by atoms with Gasteiger partial charge in [-0.25, -0.2) is 0 Å². The zero-order chi connectivity index (χ0) is 14.1. The molecule has 0 unspecified atom stereocenters. The third-order valence-electron chi connectivity index (χ3n) is 3.66. The highest BCUT2D eigenvalue weighted by atomic mass is 79.9. The zero-order valence-corrected chi connectivity index (χ0v) is 12.9. The number of benzene rings is 1. The second-order valence-corrected chi connectivity index (χ2v) is 5.78. The van der Waals surface area contributed by atoms with E-state index < -0.39 is 0 Å². The second kappa shape index (κ2) is 5.40. The van der Waals surface area contributed by atoms with E-state index in [9.17, 15) is 4.79 Å². The molecule has 1 aliphatic heterocycles. The molecule has 0 saturated carbocycles. The number of hydrogen-bond donors (Lipinski definition) is 0. The van der Waals surface area contributed by atoms with Crippen molar-refractivity contribution in [1.29, 1.82) is 0 Å². The molecular weight excluding hydrogens is 318 g/mol. The molecule has 0 aliphatic carbocycles. The summed E-state index contributed by atoms with van der Waals surface area (Å²) in [5.74, 6) is -0.00132. The van der Waals surface area contributed by atoms with E-state index in [1.54, 1.807) is 4.68 Å². The molecule has 5 heteroatoms. The molecule has 1 aliphatic rings. The van der Waals surface area contributed by atoms with E-state index in [-0.39, 0.29) is 5.91 Å². The van der Waals surface area contributed by atoms with Crippen molar-refractivity contribution >= 4 is 21.8 Å². The highest BCUT2D eigenvalue weighted by molar-refractivity contribution is 9.10. The zero-order valence-electron chi connectivity index (χ0n) is 11.3. The van der Waals surface area contributed by atoms with Crippen molar-refractivity contribution in [2.45, 2.75) is 26.4 Å². The lowest BCUT2D eigenvalue weighted by molar-refractivity contribution is 0.0727. The van der Waals surface area contributed by atoms with Crippen LogP contribution in [0, 0.1) is 0 Å². The van der Waals surface area contributed by atoms with Crippen molar-refractivity contribution < 1.29 is 4.79 Å². The number of carbonyl (C=O) groups is 1. The minimum absolute atomic E-state index is 0.00132. The van der Waals surface area contributed by atoms with Crippen molar-refractivity contribution in [1.82, 2.24) is 14.7 Å². The largest absolute Gasteiger partial charge is 0.333 e. The summed E-state index contributed by atoms with van der Waals surface area (Å²) in [5.41, 5.74) is 3.08. The highest BCUT2D eigenvalue weighted by Crippen LogP contribution is 2.22. The fraction of sp³-hybridized carbons (Fsp3) is 0.333. The Morgan fingerprint density at radius 3 is 2.80 bits per heavy atom. The van der Waals surface area contributed by atoms with Crippen LogP contribution in [0.3, 0.4) is 0 Å². The van der Waals surface area contributed by atoms with E-state index in [1.165, 1.54) is 11.1 Å². The topological polar surface area (TPSA) is 38.1 Å². The summed E-state index contributed by atoms with van der Waals surface area (Å²) in [4.78, 5) is 14.5. The van der Waals surface area contributed by atoms with Crippen LogP contribution >= 0.6 is 15.9 Å². The molecule has 0 radical (unpaired) electrons. The predicted molar refractivity (Wildman–Crippen MR) is 80.5 cm³/mol. The summed E-state index contributed by atoms with van der Waals surface area (Å²) < 4.78 is 2.54. The molecule has 104 valence electrons. The Balaban J connectivity index is 1.84. The standard InChI is InChI=1S/C15H16BrN3O/c1-2-19-10-13(16)14(17-19)15(20)18-8-7-11-5-3-4-6-12(11)9-18/h3-6,10H,2,7-9H2,1H3. The van der Waals surface area contributed by atoms with Crippen LogP contribution in [-0.4, -0.2) is 27.1 Å². The predicted octanol–water partition coefficient (Wildman–Crippen LogP) is 2.86. The maximum atomic E-state index is 12.6. The molecule has 20 heavy (non-hydrogen) atoms. The van der Waals surface area contributed by atoms with Gasteiger partial charge in [-0.05, 0) is 40.4 Å². The molecule has 0 spiro atoms. The van der Waals surface area contributed by atoms with E-state index >= 15 is 0 Å². The van der Waals surface area contributed by atoms with Crippen LogP contribution in [0.2, 0.25) is 0 Å². The molecule has 3 rings (SSSR count). The number of aromatic nitrogens is 2. The molecule has 0 saturated heterocycles. The fourth-order valence-corrected chi connectivity index (χ4v) is 3.01. The average Bonchev–Trinajstić information content (AvgIpc) is 2.87. The molecule has 0 atom stereocenters. The van der Waals surface area contributed by atoms with Gasteiger partial charge in [-0.2, -0.15) is 5.10 Å². The van der Waals surface area contributed by atoms with Gasteiger partial charge in [-0.3, -0.25) is 9.48 Å². The van der Waals surface area contributed by atoms with Crippen LogP contribution < -0.4 is 0 Å². The van der Waals surface area contributed by atoms with Crippen molar-refractivity contribution in [3.8, 4) is 0 Å². The van der Waals surface area contributed by atoms with E-state index in [0.717, 1.165) is 24.0 Å². The molecule has 1 amide bonds. The number of carbonyl (C=O) groups excluding carboxylic acids is 1. The number of amides is 1. The average molecular weight is 334 g/mol. The number of hydrogen-bond acceptors (Lipinski definition) is 2. The van der Waals surface area contributed by atoms with Crippen molar-refractivity contribution in [3.63, 3.8) is 0 Å². The second-order valence-electron chi connectivity index (χ2n) is 4.93. The minimum atomic E-state index is -0.00132. The summed E-state index contributed by atoms with van der Waals surface area (Å²) in [6.45, 7) is 4.18.